The molecule has 2 aromatic carbocycles. The maximum absolute atomic E-state index is 12.2. The van der Waals surface area contributed by atoms with Crippen molar-refractivity contribution in [2.24, 2.45) is 0 Å². The summed E-state index contributed by atoms with van der Waals surface area (Å²) in [4.78, 5) is 23.0. The first-order chi connectivity index (χ1) is 12.0. The topological polar surface area (TPSA) is 55.3 Å². The molecule has 0 saturated heterocycles. The Balaban J connectivity index is 2.19. The second-order valence-electron chi connectivity index (χ2n) is 5.96. The molecule has 1 heterocycles. The van der Waals surface area contributed by atoms with Crippen LogP contribution in [0.2, 0.25) is 0 Å². The molecule has 0 N–H and O–H groups in total. The summed E-state index contributed by atoms with van der Waals surface area (Å²) < 4.78 is 5.08. The molecule has 5 heteroatoms. The van der Waals surface area contributed by atoms with E-state index in [9.17, 15) is 4.79 Å². The van der Waals surface area contributed by atoms with E-state index in [0.717, 1.165) is 22.2 Å². The van der Waals surface area contributed by atoms with E-state index in [1.165, 1.54) is 0 Å². The number of carbonyl (C=O) groups is 1. The van der Waals surface area contributed by atoms with Crippen molar-refractivity contribution in [3.05, 3.63) is 59.4 Å². The third-order valence-electron chi connectivity index (χ3n) is 4.08. The van der Waals surface area contributed by atoms with Crippen LogP contribution in [0.4, 0.5) is 11.5 Å². The first-order valence-electron chi connectivity index (χ1n) is 8.26. The molecular weight excluding hydrogens is 314 g/mol. The van der Waals surface area contributed by atoms with Gasteiger partial charge >= 0.3 is 5.97 Å². The summed E-state index contributed by atoms with van der Waals surface area (Å²) in [6, 6.07) is 13.9. The summed E-state index contributed by atoms with van der Waals surface area (Å²) in [5, 5.41) is 0.888. The molecule has 1 aromatic heterocycles. The Morgan fingerprint density at radius 1 is 1.12 bits per heavy atom. The summed E-state index contributed by atoms with van der Waals surface area (Å²) in [7, 11) is 1.95. The number of anilines is 2. The van der Waals surface area contributed by atoms with Crippen LogP contribution in [0.25, 0.3) is 10.9 Å². The fraction of sp³-hybridized carbons (Fsp3) is 0.250. The van der Waals surface area contributed by atoms with Crippen molar-refractivity contribution in [1.29, 1.82) is 0 Å². The molecule has 0 aliphatic carbocycles. The van der Waals surface area contributed by atoms with Gasteiger partial charge in [0.25, 0.3) is 0 Å². The number of para-hydroxylation sites is 1. The highest BCUT2D eigenvalue weighted by Gasteiger charge is 2.18. The zero-order valence-corrected chi connectivity index (χ0v) is 14.9. The minimum absolute atomic E-state index is 0.0766. The molecule has 0 radical (unpaired) electrons. The van der Waals surface area contributed by atoms with Crippen LogP contribution in [0.15, 0.2) is 42.5 Å². The molecule has 0 fully saturated rings. The van der Waals surface area contributed by atoms with Crippen molar-refractivity contribution >= 4 is 28.4 Å². The standard InChI is InChI=1S/C20H21N3O2/c1-5-25-20(24)18-21-16-9-7-6-8-15(16)19(22-18)23(4)17-12-13(2)10-11-14(17)3/h6-12H,5H2,1-4H3. The molecule has 25 heavy (non-hydrogen) atoms. The number of hydrogen-bond donors (Lipinski definition) is 0. The second kappa shape index (κ2) is 6.89. The minimum atomic E-state index is -0.510. The Morgan fingerprint density at radius 2 is 1.88 bits per heavy atom. The van der Waals surface area contributed by atoms with E-state index in [4.69, 9.17) is 4.74 Å². The fourth-order valence-corrected chi connectivity index (χ4v) is 2.80. The lowest BCUT2D eigenvalue weighted by Gasteiger charge is -2.23. The smallest absolute Gasteiger partial charge is 0.376 e. The number of aromatic nitrogens is 2. The van der Waals surface area contributed by atoms with Gasteiger partial charge in [0.05, 0.1) is 12.1 Å². The van der Waals surface area contributed by atoms with E-state index in [-0.39, 0.29) is 12.4 Å². The van der Waals surface area contributed by atoms with Crippen LogP contribution in [-0.4, -0.2) is 29.6 Å². The highest BCUT2D eigenvalue weighted by Crippen LogP contribution is 2.31. The molecule has 0 atom stereocenters. The molecule has 0 spiro atoms. The molecule has 0 aliphatic heterocycles. The van der Waals surface area contributed by atoms with Gasteiger partial charge in [0.2, 0.25) is 5.82 Å². The first kappa shape index (κ1) is 16.9. The van der Waals surface area contributed by atoms with E-state index in [1.54, 1.807) is 6.92 Å². The molecule has 0 bridgehead atoms. The van der Waals surface area contributed by atoms with Crippen LogP contribution in [0, 0.1) is 13.8 Å². The lowest BCUT2D eigenvalue weighted by Crippen LogP contribution is -2.17. The molecule has 5 nitrogen and oxygen atoms in total. The van der Waals surface area contributed by atoms with Crippen LogP contribution in [0.3, 0.4) is 0 Å². The number of benzene rings is 2. The van der Waals surface area contributed by atoms with Crippen LogP contribution < -0.4 is 4.90 Å². The predicted octanol–water partition coefficient (Wildman–Crippen LogP) is 4.19. The molecular formula is C20H21N3O2. The largest absolute Gasteiger partial charge is 0.460 e. The highest BCUT2D eigenvalue weighted by molar-refractivity contribution is 5.95. The SMILES string of the molecule is CCOC(=O)c1nc(N(C)c2cc(C)ccc2C)c2ccccc2n1. The molecule has 0 aliphatic rings. The fourth-order valence-electron chi connectivity index (χ4n) is 2.80. The van der Waals surface area contributed by atoms with Crippen molar-refractivity contribution in [3.8, 4) is 0 Å². The van der Waals surface area contributed by atoms with Gasteiger partial charge in [-0.3, -0.25) is 0 Å². The number of ether oxygens (including phenoxy) is 1. The summed E-state index contributed by atoms with van der Waals surface area (Å²) >= 11 is 0. The number of esters is 1. The van der Waals surface area contributed by atoms with Crippen molar-refractivity contribution in [3.63, 3.8) is 0 Å². The van der Waals surface area contributed by atoms with Crippen LogP contribution in [-0.2, 0) is 4.74 Å². The highest BCUT2D eigenvalue weighted by atomic mass is 16.5. The summed E-state index contributed by atoms with van der Waals surface area (Å²) in [5.74, 6) is 0.249. The number of fused-ring (bicyclic) bond motifs is 1. The number of carbonyl (C=O) groups excluding carboxylic acids is 1. The lowest BCUT2D eigenvalue weighted by atomic mass is 10.1. The maximum atomic E-state index is 12.2. The molecule has 3 aromatic rings. The van der Waals surface area contributed by atoms with Gasteiger partial charge in [-0.25, -0.2) is 14.8 Å². The van der Waals surface area contributed by atoms with Gasteiger partial charge in [-0.2, -0.15) is 0 Å². The van der Waals surface area contributed by atoms with Gasteiger partial charge in [-0.15, -0.1) is 0 Å². The van der Waals surface area contributed by atoms with Gasteiger partial charge in [-0.05, 0) is 50.1 Å². The summed E-state index contributed by atoms with van der Waals surface area (Å²) in [5.41, 5.74) is 4.05. The minimum Gasteiger partial charge on any atom is -0.460 e. The Bertz CT molecular complexity index is 937. The number of hydrogen-bond acceptors (Lipinski definition) is 5. The van der Waals surface area contributed by atoms with Crippen molar-refractivity contribution in [1.82, 2.24) is 9.97 Å². The zero-order valence-electron chi connectivity index (χ0n) is 14.9. The van der Waals surface area contributed by atoms with Crippen LogP contribution >= 0.6 is 0 Å². The second-order valence-corrected chi connectivity index (χ2v) is 5.96. The summed E-state index contributed by atoms with van der Waals surface area (Å²) in [6.07, 6.45) is 0. The monoisotopic (exact) mass is 335 g/mol. The number of nitrogens with zero attached hydrogens (tertiary/aromatic N) is 3. The number of aryl methyl sites for hydroxylation is 2. The molecule has 0 amide bonds. The molecule has 3 rings (SSSR count). The predicted molar refractivity (Wildman–Crippen MR) is 99.5 cm³/mol. The van der Waals surface area contributed by atoms with E-state index >= 15 is 0 Å². The zero-order chi connectivity index (χ0) is 18.0. The normalized spacial score (nSPS) is 10.7. The summed E-state index contributed by atoms with van der Waals surface area (Å²) in [6.45, 7) is 6.17. The van der Waals surface area contributed by atoms with Gasteiger partial charge in [-0.1, -0.05) is 24.3 Å². The third kappa shape index (κ3) is 3.31. The van der Waals surface area contributed by atoms with Gasteiger partial charge < -0.3 is 9.64 Å². The Kier molecular flexibility index (Phi) is 4.65. The van der Waals surface area contributed by atoms with E-state index in [0.29, 0.717) is 11.3 Å². The maximum Gasteiger partial charge on any atom is 0.376 e. The lowest BCUT2D eigenvalue weighted by molar-refractivity contribution is 0.0512. The molecule has 128 valence electrons. The van der Waals surface area contributed by atoms with E-state index in [1.807, 2.05) is 36.2 Å². The first-order valence-corrected chi connectivity index (χ1v) is 8.26. The van der Waals surface area contributed by atoms with Crippen molar-refractivity contribution in [2.75, 3.05) is 18.6 Å². The van der Waals surface area contributed by atoms with Crippen LogP contribution in [0.5, 0.6) is 0 Å². The average molecular weight is 335 g/mol. The Morgan fingerprint density at radius 3 is 2.64 bits per heavy atom. The van der Waals surface area contributed by atoms with Gasteiger partial charge in [0.1, 0.15) is 5.82 Å². The van der Waals surface area contributed by atoms with Crippen LogP contribution in [0.1, 0.15) is 28.7 Å². The van der Waals surface area contributed by atoms with Gasteiger partial charge in [0, 0.05) is 18.1 Å². The third-order valence-corrected chi connectivity index (χ3v) is 4.08. The van der Waals surface area contributed by atoms with E-state index in [2.05, 4.69) is 42.0 Å². The Labute approximate surface area is 147 Å². The van der Waals surface area contributed by atoms with Crippen molar-refractivity contribution < 1.29 is 9.53 Å². The van der Waals surface area contributed by atoms with Crippen molar-refractivity contribution in [2.45, 2.75) is 20.8 Å². The molecule has 0 unspecified atom stereocenters. The quantitative estimate of drug-likeness (QED) is 0.669. The average Bonchev–Trinajstić information content (AvgIpc) is 2.62. The molecule has 0 saturated carbocycles. The number of rotatable bonds is 4. The van der Waals surface area contributed by atoms with Gasteiger partial charge in [0.15, 0.2) is 0 Å². The van der Waals surface area contributed by atoms with E-state index < -0.39 is 5.97 Å². The Hall–Kier alpha value is -2.95.